The Morgan fingerprint density at radius 2 is 1.90 bits per heavy atom. The van der Waals surface area contributed by atoms with E-state index in [9.17, 15) is 9.59 Å². The maximum Gasteiger partial charge on any atom is 0.316 e. The summed E-state index contributed by atoms with van der Waals surface area (Å²) in [6, 6.07) is 6.30. The molecule has 3 amide bonds. The Bertz CT molecular complexity index is 472. The Hall–Kier alpha value is -2.12. The number of ether oxygens (including phenoxy) is 1. The normalized spacial score (nSPS) is 13.3. The number of hydrogen-bond donors (Lipinski definition) is 4. The molecule has 0 radical (unpaired) electrons. The lowest BCUT2D eigenvalue weighted by Crippen LogP contribution is -2.33. The van der Waals surface area contributed by atoms with Crippen molar-refractivity contribution < 1.29 is 14.3 Å². The van der Waals surface area contributed by atoms with Crippen molar-refractivity contribution in [2.24, 2.45) is 11.5 Å². The van der Waals surface area contributed by atoms with Crippen LogP contribution in [-0.2, 0) is 9.53 Å². The van der Waals surface area contributed by atoms with Crippen molar-refractivity contribution >= 4 is 17.6 Å². The lowest BCUT2D eigenvalue weighted by molar-refractivity contribution is -0.124. The number of anilines is 1. The fourth-order valence-electron chi connectivity index (χ4n) is 1.85. The maximum absolute atomic E-state index is 11.8. The van der Waals surface area contributed by atoms with Crippen LogP contribution in [0.5, 0.6) is 0 Å². The molecule has 116 valence electrons. The fraction of sp³-hybridized carbons (Fsp3) is 0.429. The van der Waals surface area contributed by atoms with Gasteiger partial charge in [0.25, 0.3) is 0 Å². The summed E-state index contributed by atoms with van der Waals surface area (Å²) < 4.78 is 5.07. The van der Waals surface area contributed by atoms with Gasteiger partial charge in [-0.25, -0.2) is 4.79 Å². The maximum atomic E-state index is 11.8. The van der Waals surface area contributed by atoms with Crippen molar-refractivity contribution in [2.45, 2.75) is 25.5 Å². The van der Waals surface area contributed by atoms with E-state index in [0.29, 0.717) is 12.2 Å². The monoisotopic (exact) mass is 294 g/mol. The summed E-state index contributed by atoms with van der Waals surface area (Å²) in [5.41, 5.74) is 12.0. The quantitative estimate of drug-likeness (QED) is 0.592. The lowest BCUT2D eigenvalue weighted by Gasteiger charge is -2.17. The minimum absolute atomic E-state index is 0.126. The fourth-order valence-corrected chi connectivity index (χ4v) is 1.85. The average molecular weight is 294 g/mol. The van der Waals surface area contributed by atoms with Gasteiger partial charge in [-0.1, -0.05) is 12.1 Å². The van der Waals surface area contributed by atoms with Crippen LogP contribution in [0.1, 0.15) is 24.9 Å². The molecule has 21 heavy (non-hydrogen) atoms. The first-order valence-electron chi connectivity index (χ1n) is 6.65. The number of rotatable bonds is 7. The molecule has 0 bridgehead atoms. The number of primary amides is 1. The molecule has 0 aromatic heterocycles. The molecule has 0 saturated heterocycles. The smallest absolute Gasteiger partial charge is 0.316 e. The van der Waals surface area contributed by atoms with Crippen LogP contribution in [0.4, 0.5) is 10.5 Å². The van der Waals surface area contributed by atoms with Gasteiger partial charge in [0.1, 0.15) is 0 Å². The van der Waals surface area contributed by atoms with Crippen LogP contribution in [0.3, 0.4) is 0 Å². The molecular formula is C14H22N4O3. The van der Waals surface area contributed by atoms with Crippen molar-refractivity contribution in [1.82, 2.24) is 5.32 Å². The van der Waals surface area contributed by atoms with E-state index in [0.717, 1.165) is 5.56 Å². The zero-order chi connectivity index (χ0) is 15.8. The molecule has 0 aliphatic heterocycles. The molecule has 0 heterocycles. The third-order valence-electron chi connectivity index (χ3n) is 3.07. The third kappa shape index (κ3) is 5.80. The van der Waals surface area contributed by atoms with Gasteiger partial charge in [0.15, 0.2) is 0 Å². The number of amides is 3. The van der Waals surface area contributed by atoms with E-state index in [1.165, 1.54) is 7.11 Å². The lowest BCUT2D eigenvalue weighted by atomic mass is 10.1. The number of nitrogens with one attached hydrogen (secondary N) is 2. The molecule has 1 rings (SSSR count). The molecule has 0 aliphatic carbocycles. The highest BCUT2D eigenvalue weighted by atomic mass is 16.5. The predicted molar refractivity (Wildman–Crippen MR) is 80.7 cm³/mol. The summed E-state index contributed by atoms with van der Waals surface area (Å²) in [6.07, 6.45) is -0.0575. The van der Waals surface area contributed by atoms with Crippen LogP contribution < -0.4 is 22.1 Å². The summed E-state index contributed by atoms with van der Waals surface area (Å²) in [6.45, 7) is 2.17. The molecule has 2 atom stereocenters. The molecule has 0 aliphatic rings. The van der Waals surface area contributed by atoms with Gasteiger partial charge in [0, 0.05) is 19.3 Å². The van der Waals surface area contributed by atoms with E-state index in [2.05, 4.69) is 10.6 Å². The minimum Gasteiger partial charge on any atom is -0.380 e. The first-order valence-corrected chi connectivity index (χ1v) is 6.65. The van der Waals surface area contributed by atoms with Crippen molar-refractivity contribution in [2.75, 3.05) is 19.0 Å². The topological polar surface area (TPSA) is 119 Å². The SMILES string of the molecule is COC(CN)CC(=O)NC(C)c1ccc(NC(N)=O)cc1. The van der Waals surface area contributed by atoms with Gasteiger partial charge in [0.2, 0.25) is 5.91 Å². The highest BCUT2D eigenvalue weighted by Gasteiger charge is 2.14. The first-order chi connectivity index (χ1) is 9.96. The number of carbonyl (C=O) groups excluding carboxylic acids is 2. The number of urea groups is 1. The second-order valence-electron chi connectivity index (χ2n) is 4.70. The van der Waals surface area contributed by atoms with Gasteiger partial charge in [-0.05, 0) is 24.6 Å². The molecule has 1 aromatic rings. The van der Waals surface area contributed by atoms with Crippen molar-refractivity contribution in [3.63, 3.8) is 0 Å². The second kappa shape index (κ2) is 8.23. The standard InChI is InChI=1S/C14H22N4O3/c1-9(17-13(19)7-12(8-15)21-2)10-3-5-11(6-4-10)18-14(16)20/h3-6,9,12H,7-8,15H2,1-2H3,(H,17,19)(H3,16,18,20). The van der Waals surface area contributed by atoms with E-state index in [1.54, 1.807) is 12.1 Å². The van der Waals surface area contributed by atoms with Crippen LogP contribution in [-0.4, -0.2) is 31.7 Å². The Labute approximate surface area is 124 Å². The summed E-state index contributed by atoms with van der Waals surface area (Å²) in [5.74, 6) is -0.126. The van der Waals surface area contributed by atoms with Gasteiger partial charge in [-0.15, -0.1) is 0 Å². The Morgan fingerprint density at radius 1 is 1.29 bits per heavy atom. The predicted octanol–water partition coefficient (Wildman–Crippen LogP) is 0.718. The van der Waals surface area contributed by atoms with E-state index in [4.69, 9.17) is 16.2 Å². The van der Waals surface area contributed by atoms with Gasteiger partial charge in [-0.3, -0.25) is 4.79 Å². The highest BCUT2D eigenvalue weighted by Crippen LogP contribution is 2.16. The van der Waals surface area contributed by atoms with Crippen LogP contribution >= 0.6 is 0 Å². The van der Waals surface area contributed by atoms with Crippen LogP contribution in [0.25, 0.3) is 0 Å². The van der Waals surface area contributed by atoms with E-state index < -0.39 is 6.03 Å². The van der Waals surface area contributed by atoms with Crippen molar-refractivity contribution in [1.29, 1.82) is 0 Å². The average Bonchev–Trinajstić information content (AvgIpc) is 2.44. The largest absolute Gasteiger partial charge is 0.380 e. The number of methoxy groups -OCH3 is 1. The molecule has 0 spiro atoms. The minimum atomic E-state index is -0.614. The van der Waals surface area contributed by atoms with Crippen LogP contribution in [0.2, 0.25) is 0 Å². The molecule has 0 fully saturated rings. The summed E-state index contributed by atoms with van der Waals surface area (Å²) >= 11 is 0. The Balaban J connectivity index is 2.56. The number of carbonyl (C=O) groups is 2. The molecule has 6 N–H and O–H groups in total. The molecule has 1 aromatic carbocycles. The van der Waals surface area contributed by atoms with Gasteiger partial charge < -0.3 is 26.8 Å². The van der Waals surface area contributed by atoms with Gasteiger partial charge in [-0.2, -0.15) is 0 Å². The Morgan fingerprint density at radius 3 is 2.38 bits per heavy atom. The van der Waals surface area contributed by atoms with Crippen LogP contribution in [0, 0.1) is 0 Å². The molecular weight excluding hydrogens is 272 g/mol. The van der Waals surface area contributed by atoms with Crippen LogP contribution in [0.15, 0.2) is 24.3 Å². The number of hydrogen-bond acceptors (Lipinski definition) is 4. The van der Waals surface area contributed by atoms with E-state index >= 15 is 0 Å². The van der Waals surface area contributed by atoms with Gasteiger partial charge >= 0.3 is 6.03 Å². The van der Waals surface area contributed by atoms with Gasteiger partial charge in [0.05, 0.1) is 18.6 Å². The third-order valence-corrected chi connectivity index (χ3v) is 3.07. The summed E-state index contributed by atoms with van der Waals surface area (Å²) in [4.78, 5) is 22.6. The van der Waals surface area contributed by atoms with Crippen molar-refractivity contribution in [3.8, 4) is 0 Å². The van der Waals surface area contributed by atoms with E-state index in [1.807, 2.05) is 19.1 Å². The first kappa shape index (κ1) is 16.9. The Kier molecular flexibility index (Phi) is 6.64. The number of nitrogens with two attached hydrogens (primary N) is 2. The summed E-state index contributed by atoms with van der Waals surface area (Å²) in [5, 5.41) is 5.34. The second-order valence-corrected chi connectivity index (χ2v) is 4.70. The summed E-state index contributed by atoms with van der Waals surface area (Å²) in [7, 11) is 1.53. The van der Waals surface area contributed by atoms with Crippen molar-refractivity contribution in [3.05, 3.63) is 29.8 Å². The molecule has 7 nitrogen and oxygen atoms in total. The highest BCUT2D eigenvalue weighted by molar-refractivity contribution is 5.87. The molecule has 7 heteroatoms. The van der Waals surface area contributed by atoms with E-state index in [-0.39, 0.29) is 24.5 Å². The number of benzene rings is 1. The zero-order valence-corrected chi connectivity index (χ0v) is 12.3. The zero-order valence-electron chi connectivity index (χ0n) is 12.3. The molecule has 0 saturated carbocycles. The molecule has 2 unspecified atom stereocenters.